The molecular formula is C59H59BN2S. The van der Waals surface area contributed by atoms with Crippen LogP contribution in [0.1, 0.15) is 110 Å². The van der Waals surface area contributed by atoms with Gasteiger partial charge < -0.3 is 9.71 Å². The molecule has 1 aliphatic carbocycles. The van der Waals surface area contributed by atoms with Crippen LogP contribution in [0.2, 0.25) is 0 Å². The molecule has 2 nitrogen and oxygen atoms in total. The van der Waals surface area contributed by atoms with E-state index in [4.69, 9.17) is 0 Å². The Kier molecular flexibility index (Phi) is 8.75. The normalized spacial score (nSPS) is 16.2. The first kappa shape index (κ1) is 40.2. The van der Waals surface area contributed by atoms with Crippen LogP contribution in [0.4, 0.5) is 28.4 Å². The van der Waals surface area contributed by atoms with Gasteiger partial charge in [0.1, 0.15) is 0 Å². The maximum Gasteiger partial charge on any atom is 0.333 e. The summed E-state index contributed by atoms with van der Waals surface area (Å²) in [5.74, 6) is 0. The second-order valence-corrected chi connectivity index (χ2v) is 23.3. The molecular weight excluding hydrogens is 780 g/mol. The van der Waals surface area contributed by atoms with Crippen molar-refractivity contribution in [2.75, 3.05) is 9.71 Å². The van der Waals surface area contributed by atoms with Crippen LogP contribution in [-0.2, 0) is 21.7 Å². The summed E-state index contributed by atoms with van der Waals surface area (Å²) >= 11 is 1.91. The molecule has 2 aliphatic heterocycles. The highest BCUT2D eigenvalue weighted by atomic mass is 32.1. The van der Waals surface area contributed by atoms with Crippen molar-refractivity contribution < 1.29 is 0 Å². The molecule has 7 aromatic carbocycles. The summed E-state index contributed by atoms with van der Waals surface area (Å²) in [4.78, 5) is 5.38. The fourth-order valence-electron chi connectivity index (χ4n) is 11.1. The van der Waals surface area contributed by atoms with Gasteiger partial charge in [0.25, 0.3) is 0 Å². The fraction of sp³-hybridized carbons (Fsp3) is 0.288. The molecule has 3 aliphatic rings. The number of thiophene rings is 1. The predicted octanol–water partition coefficient (Wildman–Crippen LogP) is 15.7. The smallest absolute Gasteiger partial charge is 0.333 e. The fourth-order valence-corrected chi connectivity index (χ4v) is 12.2. The molecule has 1 aromatic heterocycles. The third-order valence-electron chi connectivity index (χ3n) is 14.9. The molecule has 3 heterocycles. The lowest BCUT2D eigenvalue weighted by Crippen LogP contribution is -2.61. The van der Waals surface area contributed by atoms with Crippen LogP contribution in [0.5, 0.6) is 0 Å². The molecule has 0 saturated carbocycles. The van der Waals surface area contributed by atoms with Crippen LogP contribution in [0.25, 0.3) is 42.4 Å². The standard InChI is InChI=1S/C59H59BN2S/c1-36-29-45-43-32-46-47(59(10,11)28-27-58(46,8)9)34-50(43)62(40-24-21-38(22-25-40)56(2,3)4)60-48-33-44-41-19-15-16-20-53(41)63-54(44)35-51(48)61(52(30-36)55(45)60)49-26-23-39(57(5,6)7)31-42(49)37-17-13-12-14-18-37/h12-26,29-35H,27-28H2,1-11H3. The predicted molar refractivity (Wildman–Crippen MR) is 276 cm³/mol. The molecule has 11 rings (SSSR count). The molecule has 314 valence electrons. The van der Waals surface area contributed by atoms with E-state index in [0.717, 1.165) is 0 Å². The zero-order valence-corrected chi connectivity index (χ0v) is 39.8. The Morgan fingerprint density at radius 3 is 1.87 bits per heavy atom. The van der Waals surface area contributed by atoms with Gasteiger partial charge in [-0.05, 0) is 146 Å². The summed E-state index contributed by atoms with van der Waals surface area (Å²) < 4.78 is 2.65. The van der Waals surface area contributed by atoms with Crippen LogP contribution in [0, 0.1) is 6.92 Å². The van der Waals surface area contributed by atoms with Gasteiger partial charge >= 0.3 is 6.85 Å². The molecule has 0 spiro atoms. The lowest BCUT2D eigenvalue weighted by Gasteiger charge is -2.48. The summed E-state index contributed by atoms with van der Waals surface area (Å²) in [6.07, 6.45) is 2.35. The van der Waals surface area contributed by atoms with Gasteiger partial charge in [-0.15, -0.1) is 11.3 Å². The van der Waals surface area contributed by atoms with E-state index in [1.807, 2.05) is 11.3 Å². The monoisotopic (exact) mass is 838 g/mol. The lowest BCUT2D eigenvalue weighted by molar-refractivity contribution is 0.332. The zero-order chi connectivity index (χ0) is 44.0. The van der Waals surface area contributed by atoms with Gasteiger partial charge in [-0.2, -0.15) is 0 Å². The van der Waals surface area contributed by atoms with E-state index < -0.39 is 0 Å². The topological polar surface area (TPSA) is 6.48 Å². The summed E-state index contributed by atoms with van der Waals surface area (Å²) in [6.45, 7) is 26.0. The van der Waals surface area contributed by atoms with Crippen molar-refractivity contribution in [3.8, 4) is 22.3 Å². The van der Waals surface area contributed by atoms with E-state index >= 15 is 0 Å². The number of aryl methyl sites for hydroxylation is 1. The molecule has 0 saturated heterocycles. The Hall–Kier alpha value is -5.58. The number of fused-ring (bicyclic) bond motifs is 8. The van der Waals surface area contributed by atoms with Crippen molar-refractivity contribution in [1.29, 1.82) is 0 Å². The minimum Gasteiger partial charge on any atom is -0.376 e. The summed E-state index contributed by atoms with van der Waals surface area (Å²) in [7, 11) is 0. The third-order valence-corrected chi connectivity index (χ3v) is 16.0. The minimum atomic E-state index is -0.0651. The maximum atomic E-state index is 2.73. The molecule has 0 unspecified atom stereocenters. The lowest BCUT2D eigenvalue weighted by atomic mass is 9.43. The van der Waals surface area contributed by atoms with Crippen molar-refractivity contribution in [3.63, 3.8) is 0 Å². The number of anilines is 5. The Bertz CT molecular complexity index is 3160. The first-order valence-electron chi connectivity index (χ1n) is 23.1. The molecule has 0 amide bonds. The zero-order valence-electron chi connectivity index (χ0n) is 39.0. The van der Waals surface area contributed by atoms with Crippen LogP contribution in [0.15, 0.2) is 133 Å². The molecule has 4 heteroatoms. The highest BCUT2D eigenvalue weighted by Gasteiger charge is 2.48. The third kappa shape index (κ3) is 6.26. The molecule has 0 N–H and O–H groups in total. The SMILES string of the molecule is Cc1cc2c3c(c1)N(c1ccc(C(C)(C)C)cc1-c1ccccc1)c1cc4sc5ccccc5c4cc1B3N(c1ccc(C(C)(C)C)cc1)c1cc3c(cc1-2)C(C)(C)CCC3(C)C. The number of rotatable bonds is 3. The van der Waals surface area contributed by atoms with E-state index in [0.29, 0.717) is 0 Å². The van der Waals surface area contributed by atoms with E-state index in [1.54, 1.807) is 0 Å². The first-order chi connectivity index (χ1) is 29.9. The molecule has 63 heavy (non-hydrogen) atoms. The Morgan fingerprint density at radius 2 is 1.17 bits per heavy atom. The van der Waals surface area contributed by atoms with Crippen molar-refractivity contribution >= 4 is 77.7 Å². The van der Waals surface area contributed by atoms with Crippen molar-refractivity contribution in [2.24, 2.45) is 0 Å². The molecule has 0 atom stereocenters. The average molecular weight is 839 g/mol. The summed E-state index contributed by atoms with van der Waals surface area (Å²) in [5, 5.41) is 2.66. The van der Waals surface area contributed by atoms with Crippen LogP contribution in [0.3, 0.4) is 0 Å². The second kappa shape index (κ2) is 13.7. The van der Waals surface area contributed by atoms with E-state index in [-0.39, 0.29) is 28.5 Å². The van der Waals surface area contributed by atoms with Gasteiger partial charge in [-0.3, -0.25) is 0 Å². The highest BCUT2D eigenvalue weighted by molar-refractivity contribution is 7.26. The van der Waals surface area contributed by atoms with Gasteiger partial charge in [0.2, 0.25) is 0 Å². The first-order valence-corrected chi connectivity index (χ1v) is 23.9. The van der Waals surface area contributed by atoms with Crippen molar-refractivity contribution in [2.45, 2.75) is 111 Å². The van der Waals surface area contributed by atoms with E-state index in [1.165, 1.54) is 122 Å². The number of nitrogens with zero attached hydrogens (tertiary/aromatic N) is 2. The van der Waals surface area contributed by atoms with Gasteiger partial charge in [0.15, 0.2) is 0 Å². The molecule has 8 aromatic rings. The largest absolute Gasteiger partial charge is 0.376 e. The van der Waals surface area contributed by atoms with Crippen molar-refractivity contribution in [3.05, 3.63) is 161 Å². The maximum absolute atomic E-state index is 2.73. The van der Waals surface area contributed by atoms with Crippen LogP contribution in [-0.4, -0.2) is 6.85 Å². The van der Waals surface area contributed by atoms with Crippen molar-refractivity contribution in [1.82, 2.24) is 0 Å². The Morgan fingerprint density at radius 1 is 0.524 bits per heavy atom. The number of hydrogen-bond donors (Lipinski definition) is 0. The van der Waals surface area contributed by atoms with Gasteiger partial charge in [0.05, 0.1) is 5.69 Å². The van der Waals surface area contributed by atoms with Gasteiger partial charge in [-0.1, -0.05) is 148 Å². The van der Waals surface area contributed by atoms with E-state index in [9.17, 15) is 0 Å². The average Bonchev–Trinajstić information content (AvgIpc) is 3.61. The summed E-state index contributed by atoms with van der Waals surface area (Å²) in [6, 6.07) is 52.2. The molecule has 0 radical (unpaired) electrons. The van der Waals surface area contributed by atoms with Crippen LogP contribution < -0.4 is 20.6 Å². The quantitative estimate of drug-likeness (QED) is 0.164. The number of hydrogen-bond acceptors (Lipinski definition) is 3. The minimum absolute atomic E-state index is 0.00701. The molecule has 0 bridgehead atoms. The highest BCUT2D eigenvalue weighted by Crippen LogP contribution is 2.54. The Balaban J connectivity index is 1.29. The molecule has 0 fully saturated rings. The van der Waals surface area contributed by atoms with Gasteiger partial charge in [-0.25, -0.2) is 0 Å². The van der Waals surface area contributed by atoms with Crippen LogP contribution >= 0.6 is 11.3 Å². The summed E-state index contributed by atoms with van der Waals surface area (Å²) in [5.41, 5.74) is 21.3. The van der Waals surface area contributed by atoms with E-state index in [2.05, 4.69) is 219 Å². The second-order valence-electron chi connectivity index (χ2n) is 22.2. The number of benzene rings is 7. The Labute approximate surface area is 379 Å². The van der Waals surface area contributed by atoms with Gasteiger partial charge in [0, 0.05) is 54.0 Å².